The minimum atomic E-state index is -0.0923. The molecule has 0 aromatic heterocycles. The summed E-state index contributed by atoms with van der Waals surface area (Å²) in [7, 11) is 0. The van der Waals surface area contributed by atoms with E-state index in [-0.39, 0.29) is 11.1 Å². The lowest BCUT2D eigenvalue weighted by molar-refractivity contribution is 0.275. The van der Waals surface area contributed by atoms with Gasteiger partial charge in [-0.3, -0.25) is 0 Å². The normalized spacial score (nSPS) is 21.8. The summed E-state index contributed by atoms with van der Waals surface area (Å²) in [6.45, 7) is 9.70. The van der Waals surface area contributed by atoms with Crippen molar-refractivity contribution in [3.05, 3.63) is 35.4 Å². The van der Waals surface area contributed by atoms with Gasteiger partial charge in [0, 0.05) is 12.8 Å². The third-order valence-electron chi connectivity index (χ3n) is 3.74. The van der Waals surface area contributed by atoms with Crippen LogP contribution in [0.1, 0.15) is 38.8 Å². The van der Waals surface area contributed by atoms with E-state index in [9.17, 15) is 0 Å². The Morgan fingerprint density at radius 3 is 1.68 bits per heavy atom. The molecule has 0 spiro atoms. The topological polar surface area (TPSA) is 43.2 Å². The molecule has 2 aliphatic rings. The van der Waals surface area contributed by atoms with Crippen LogP contribution >= 0.6 is 0 Å². The van der Waals surface area contributed by atoms with Crippen molar-refractivity contribution in [3.63, 3.8) is 0 Å². The van der Waals surface area contributed by atoms with Crippen LogP contribution in [-0.2, 0) is 22.3 Å². The van der Waals surface area contributed by atoms with Crippen molar-refractivity contribution in [2.75, 3.05) is 13.2 Å². The largest absolute Gasteiger partial charge is 0.478 e. The molecule has 0 radical (unpaired) electrons. The van der Waals surface area contributed by atoms with Crippen LogP contribution < -0.4 is 0 Å². The highest BCUT2D eigenvalue weighted by Gasteiger charge is 2.27. The second kappa shape index (κ2) is 5.41. The summed E-state index contributed by atoms with van der Waals surface area (Å²) >= 11 is 0. The fourth-order valence-corrected chi connectivity index (χ4v) is 2.70. The van der Waals surface area contributed by atoms with Crippen molar-refractivity contribution in [1.29, 1.82) is 0 Å². The van der Waals surface area contributed by atoms with E-state index in [2.05, 4.69) is 61.9 Å². The second-order valence-corrected chi connectivity index (χ2v) is 7.39. The van der Waals surface area contributed by atoms with E-state index in [1.165, 1.54) is 11.1 Å². The SMILES string of the molecule is CC1(C)COC(Cc2cccc(CC3=NC(C)(C)CO3)c2)=N1. The van der Waals surface area contributed by atoms with E-state index in [0.717, 1.165) is 24.6 Å². The lowest BCUT2D eigenvalue weighted by atomic mass is 10.1. The number of hydrogen-bond donors (Lipinski definition) is 0. The number of nitrogens with zero attached hydrogens (tertiary/aromatic N) is 2. The van der Waals surface area contributed by atoms with E-state index in [0.29, 0.717) is 13.2 Å². The van der Waals surface area contributed by atoms with Gasteiger partial charge < -0.3 is 9.47 Å². The van der Waals surface area contributed by atoms with Crippen LogP contribution in [0.2, 0.25) is 0 Å². The molecule has 1 aromatic rings. The average Bonchev–Trinajstić information content (AvgIpc) is 2.92. The molecule has 0 N–H and O–H groups in total. The first-order valence-electron chi connectivity index (χ1n) is 7.82. The first kappa shape index (κ1) is 15.1. The van der Waals surface area contributed by atoms with Crippen LogP contribution in [0.15, 0.2) is 34.3 Å². The Bertz CT molecular complexity index is 578. The summed E-state index contributed by atoms with van der Waals surface area (Å²) in [5.74, 6) is 1.66. The molecule has 0 aliphatic carbocycles. The van der Waals surface area contributed by atoms with Crippen LogP contribution in [0, 0.1) is 0 Å². The van der Waals surface area contributed by atoms with Gasteiger partial charge in [-0.1, -0.05) is 24.3 Å². The van der Waals surface area contributed by atoms with Crippen molar-refractivity contribution >= 4 is 11.8 Å². The van der Waals surface area contributed by atoms with Gasteiger partial charge in [-0.25, -0.2) is 9.98 Å². The number of benzene rings is 1. The van der Waals surface area contributed by atoms with Gasteiger partial charge >= 0.3 is 0 Å². The fraction of sp³-hybridized carbons (Fsp3) is 0.556. The molecular weight excluding hydrogens is 276 g/mol. The van der Waals surface area contributed by atoms with E-state index in [1.54, 1.807) is 0 Å². The number of aliphatic imine (C=N–C) groups is 2. The summed E-state index contributed by atoms with van der Waals surface area (Å²) in [4.78, 5) is 9.23. The Labute approximate surface area is 132 Å². The van der Waals surface area contributed by atoms with Gasteiger partial charge in [0.1, 0.15) is 13.2 Å². The molecule has 1 aromatic carbocycles. The van der Waals surface area contributed by atoms with Gasteiger partial charge in [0.2, 0.25) is 0 Å². The Hall–Kier alpha value is -1.84. The fourth-order valence-electron chi connectivity index (χ4n) is 2.70. The van der Waals surface area contributed by atoms with Crippen LogP contribution in [0.5, 0.6) is 0 Å². The molecule has 0 unspecified atom stereocenters. The third-order valence-corrected chi connectivity index (χ3v) is 3.74. The predicted molar refractivity (Wildman–Crippen MR) is 88.8 cm³/mol. The van der Waals surface area contributed by atoms with Gasteiger partial charge in [-0.2, -0.15) is 0 Å². The summed E-state index contributed by atoms with van der Waals surface area (Å²) in [5.41, 5.74) is 2.24. The number of rotatable bonds is 4. The monoisotopic (exact) mass is 300 g/mol. The van der Waals surface area contributed by atoms with Crippen molar-refractivity contribution in [3.8, 4) is 0 Å². The Morgan fingerprint density at radius 2 is 1.32 bits per heavy atom. The molecule has 0 fully saturated rings. The second-order valence-electron chi connectivity index (χ2n) is 7.39. The number of ether oxygens (including phenoxy) is 2. The highest BCUT2D eigenvalue weighted by atomic mass is 16.5. The zero-order valence-corrected chi connectivity index (χ0v) is 13.8. The Kier molecular flexibility index (Phi) is 3.71. The molecule has 118 valence electrons. The molecule has 22 heavy (non-hydrogen) atoms. The molecule has 4 heteroatoms. The first-order valence-corrected chi connectivity index (χ1v) is 7.82. The van der Waals surface area contributed by atoms with Crippen molar-refractivity contribution in [1.82, 2.24) is 0 Å². The lowest BCUT2D eigenvalue weighted by Gasteiger charge is -2.07. The molecular formula is C18H24N2O2. The van der Waals surface area contributed by atoms with Gasteiger partial charge in [-0.05, 0) is 38.8 Å². The maximum absolute atomic E-state index is 5.67. The van der Waals surface area contributed by atoms with Crippen molar-refractivity contribution < 1.29 is 9.47 Å². The Morgan fingerprint density at radius 1 is 0.864 bits per heavy atom. The smallest absolute Gasteiger partial charge is 0.188 e. The average molecular weight is 300 g/mol. The molecule has 0 atom stereocenters. The molecule has 2 aliphatic heterocycles. The van der Waals surface area contributed by atoms with Crippen LogP contribution in [0.3, 0.4) is 0 Å². The lowest BCUT2D eigenvalue weighted by Crippen LogP contribution is -2.17. The van der Waals surface area contributed by atoms with Crippen LogP contribution in [-0.4, -0.2) is 36.1 Å². The van der Waals surface area contributed by atoms with E-state index in [4.69, 9.17) is 9.47 Å². The van der Waals surface area contributed by atoms with Gasteiger partial charge in [0.05, 0.1) is 11.1 Å². The zero-order valence-electron chi connectivity index (χ0n) is 13.8. The van der Waals surface area contributed by atoms with Gasteiger partial charge in [0.15, 0.2) is 11.8 Å². The summed E-state index contributed by atoms with van der Waals surface area (Å²) in [6.07, 6.45) is 1.49. The maximum Gasteiger partial charge on any atom is 0.188 e. The number of hydrogen-bond acceptors (Lipinski definition) is 4. The zero-order chi connectivity index (χ0) is 15.8. The van der Waals surface area contributed by atoms with Gasteiger partial charge in [-0.15, -0.1) is 0 Å². The van der Waals surface area contributed by atoms with E-state index >= 15 is 0 Å². The molecule has 3 rings (SSSR count). The molecule has 0 saturated carbocycles. The predicted octanol–water partition coefficient (Wildman–Crippen LogP) is 3.19. The molecule has 2 heterocycles. The third kappa shape index (κ3) is 3.67. The molecule has 0 amide bonds. The molecule has 0 saturated heterocycles. The van der Waals surface area contributed by atoms with Crippen molar-refractivity contribution in [2.24, 2.45) is 9.98 Å². The van der Waals surface area contributed by atoms with E-state index < -0.39 is 0 Å². The minimum absolute atomic E-state index is 0.0923. The standard InChI is InChI=1S/C18H24N2O2/c1-17(2)11-21-15(19-17)9-13-6-5-7-14(8-13)10-16-20-18(3,4)12-22-16/h5-8H,9-12H2,1-4H3. The maximum atomic E-state index is 5.67. The van der Waals surface area contributed by atoms with E-state index in [1.807, 2.05) is 0 Å². The van der Waals surface area contributed by atoms with Gasteiger partial charge in [0.25, 0.3) is 0 Å². The highest BCUT2D eigenvalue weighted by molar-refractivity contribution is 5.82. The van der Waals surface area contributed by atoms with Crippen LogP contribution in [0.4, 0.5) is 0 Å². The molecule has 0 bridgehead atoms. The van der Waals surface area contributed by atoms with Crippen LogP contribution in [0.25, 0.3) is 0 Å². The molecule has 4 nitrogen and oxygen atoms in total. The first-order chi connectivity index (χ1) is 10.3. The highest BCUT2D eigenvalue weighted by Crippen LogP contribution is 2.21. The summed E-state index contributed by atoms with van der Waals surface area (Å²) < 4.78 is 11.3. The summed E-state index contributed by atoms with van der Waals surface area (Å²) in [6, 6.07) is 8.49. The minimum Gasteiger partial charge on any atom is -0.478 e. The summed E-state index contributed by atoms with van der Waals surface area (Å²) in [5, 5.41) is 0. The van der Waals surface area contributed by atoms with Crippen molar-refractivity contribution in [2.45, 2.75) is 51.6 Å². The quantitative estimate of drug-likeness (QED) is 0.857. The Balaban J connectivity index is 1.69.